The second-order valence-corrected chi connectivity index (χ2v) is 6.61. The van der Waals surface area contributed by atoms with Crippen molar-refractivity contribution in [1.29, 1.82) is 0 Å². The molecule has 1 aromatic heterocycles. The number of benzene rings is 2. The lowest BCUT2D eigenvalue weighted by Crippen LogP contribution is -2.47. The predicted molar refractivity (Wildman–Crippen MR) is 98.2 cm³/mol. The second-order valence-electron chi connectivity index (χ2n) is 6.61. The van der Waals surface area contributed by atoms with Crippen LogP contribution in [0.4, 0.5) is 18.9 Å². The van der Waals surface area contributed by atoms with Crippen LogP contribution in [0.5, 0.6) is 0 Å². The molecule has 0 unspecified atom stereocenters. The summed E-state index contributed by atoms with van der Waals surface area (Å²) in [5, 5.41) is 6.55. The Kier molecular flexibility index (Phi) is 5.04. The molecule has 1 N–H and O–H groups in total. The van der Waals surface area contributed by atoms with E-state index in [-0.39, 0.29) is 5.69 Å². The third-order valence-corrected chi connectivity index (χ3v) is 4.20. The molecule has 8 heteroatoms. The molecule has 28 heavy (non-hydrogen) atoms. The minimum atomic E-state index is -1.49. The summed E-state index contributed by atoms with van der Waals surface area (Å²) in [5.74, 6) is -2.86. The Morgan fingerprint density at radius 2 is 1.61 bits per heavy atom. The molecule has 0 saturated heterocycles. The van der Waals surface area contributed by atoms with Crippen LogP contribution < -0.4 is 10.9 Å². The van der Waals surface area contributed by atoms with Gasteiger partial charge >= 0.3 is 0 Å². The van der Waals surface area contributed by atoms with Gasteiger partial charge in [0.2, 0.25) is 0 Å². The topological polar surface area (TPSA) is 64.0 Å². The first-order valence-corrected chi connectivity index (χ1v) is 8.32. The van der Waals surface area contributed by atoms with Crippen LogP contribution in [0.15, 0.2) is 59.4 Å². The van der Waals surface area contributed by atoms with Crippen molar-refractivity contribution in [2.24, 2.45) is 0 Å². The summed E-state index contributed by atoms with van der Waals surface area (Å²) >= 11 is 0. The van der Waals surface area contributed by atoms with Gasteiger partial charge in [0.15, 0.2) is 0 Å². The zero-order chi connectivity index (χ0) is 20.5. The summed E-state index contributed by atoms with van der Waals surface area (Å²) in [5.41, 5.74) is -1.36. The van der Waals surface area contributed by atoms with Gasteiger partial charge in [-0.2, -0.15) is 5.10 Å². The van der Waals surface area contributed by atoms with Crippen LogP contribution in [0.1, 0.15) is 13.8 Å². The lowest BCUT2D eigenvalue weighted by molar-refractivity contribution is -0.123. The molecule has 0 fully saturated rings. The van der Waals surface area contributed by atoms with Gasteiger partial charge in [0, 0.05) is 17.7 Å². The van der Waals surface area contributed by atoms with Gasteiger partial charge in [-0.05, 0) is 56.3 Å². The number of rotatable bonds is 4. The lowest BCUT2D eigenvalue weighted by Gasteiger charge is -2.25. The van der Waals surface area contributed by atoms with E-state index in [2.05, 4.69) is 10.4 Å². The van der Waals surface area contributed by atoms with E-state index in [9.17, 15) is 22.8 Å². The van der Waals surface area contributed by atoms with Gasteiger partial charge < -0.3 is 5.32 Å². The molecule has 0 aliphatic heterocycles. The van der Waals surface area contributed by atoms with Gasteiger partial charge in [-0.15, -0.1) is 0 Å². The largest absolute Gasteiger partial charge is 0.321 e. The third-order valence-electron chi connectivity index (χ3n) is 4.20. The molecule has 144 valence electrons. The van der Waals surface area contributed by atoms with Gasteiger partial charge in [-0.3, -0.25) is 9.59 Å². The first kappa shape index (κ1) is 19.3. The van der Waals surface area contributed by atoms with Crippen LogP contribution in [-0.2, 0) is 10.3 Å². The minimum Gasteiger partial charge on any atom is -0.321 e. The van der Waals surface area contributed by atoms with Gasteiger partial charge in [0.05, 0.1) is 11.4 Å². The maximum atomic E-state index is 13.8. The van der Waals surface area contributed by atoms with E-state index in [1.165, 1.54) is 50.2 Å². The SMILES string of the molecule is CC(C)(C(=O)Nc1ccc(F)cc1F)n1nc(-c2ccc(F)cc2)ccc1=O. The summed E-state index contributed by atoms with van der Waals surface area (Å²) < 4.78 is 40.9. The van der Waals surface area contributed by atoms with Crippen LogP contribution in [0, 0.1) is 17.5 Å². The fourth-order valence-corrected chi connectivity index (χ4v) is 2.55. The Hall–Kier alpha value is -3.42. The molecule has 0 saturated carbocycles. The van der Waals surface area contributed by atoms with Crippen molar-refractivity contribution in [1.82, 2.24) is 9.78 Å². The quantitative estimate of drug-likeness (QED) is 0.743. The summed E-state index contributed by atoms with van der Waals surface area (Å²) in [6.45, 7) is 2.87. The maximum Gasteiger partial charge on any atom is 0.267 e. The number of aromatic nitrogens is 2. The van der Waals surface area contributed by atoms with Crippen LogP contribution in [0.2, 0.25) is 0 Å². The van der Waals surface area contributed by atoms with E-state index >= 15 is 0 Å². The van der Waals surface area contributed by atoms with Gasteiger partial charge in [-0.1, -0.05) is 0 Å². The molecular formula is C20H16F3N3O2. The molecule has 2 aromatic carbocycles. The highest BCUT2D eigenvalue weighted by Crippen LogP contribution is 2.21. The fraction of sp³-hybridized carbons (Fsp3) is 0.150. The van der Waals surface area contributed by atoms with Crippen LogP contribution >= 0.6 is 0 Å². The average Bonchev–Trinajstić information content (AvgIpc) is 2.65. The zero-order valence-electron chi connectivity index (χ0n) is 15.0. The fourth-order valence-electron chi connectivity index (χ4n) is 2.55. The van der Waals surface area contributed by atoms with Crippen LogP contribution in [0.25, 0.3) is 11.3 Å². The molecule has 3 rings (SSSR count). The molecule has 0 bridgehead atoms. The Morgan fingerprint density at radius 3 is 2.25 bits per heavy atom. The van der Waals surface area contributed by atoms with Crippen LogP contribution in [-0.4, -0.2) is 15.7 Å². The second kappa shape index (κ2) is 7.30. The Labute approximate surface area is 158 Å². The summed E-state index contributed by atoms with van der Waals surface area (Å²) in [7, 11) is 0. The molecule has 0 radical (unpaired) electrons. The van der Waals surface area contributed by atoms with E-state index in [1.807, 2.05) is 0 Å². The smallest absolute Gasteiger partial charge is 0.267 e. The van der Waals surface area contributed by atoms with Crippen molar-refractivity contribution in [3.8, 4) is 11.3 Å². The number of nitrogens with one attached hydrogen (secondary N) is 1. The lowest BCUT2D eigenvalue weighted by atomic mass is 10.0. The maximum absolute atomic E-state index is 13.8. The Balaban J connectivity index is 1.96. The van der Waals surface area contributed by atoms with Gasteiger partial charge in [0.1, 0.15) is 23.0 Å². The Bertz CT molecular complexity index is 1090. The number of carbonyl (C=O) groups is 1. The van der Waals surface area contributed by atoms with Crippen molar-refractivity contribution in [2.75, 3.05) is 5.32 Å². The van der Waals surface area contributed by atoms with Crippen molar-refractivity contribution in [3.05, 3.63) is 82.4 Å². The third kappa shape index (κ3) is 3.80. The molecule has 3 aromatic rings. The number of anilines is 1. The zero-order valence-corrected chi connectivity index (χ0v) is 15.0. The number of nitrogens with zero attached hydrogens (tertiary/aromatic N) is 2. The van der Waals surface area contributed by atoms with E-state index < -0.39 is 34.5 Å². The van der Waals surface area contributed by atoms with Crippen molar-refractivity contribution < 1.29 is 18.0 Å². The molecule has 0 aliphatic carbocycles. The number of hydrogen-bond acceptors (Lipinski definition) is 3. The molecule has 0 aliphatic rings. The standard InChI is InChI=1S/C20H16F3N3O2/c1-20(2,19(28)24-17-8-7-14(22)11-15(17)23)26-18(27)10-9-16(25-26)12-3-5-13(21)6-4-12/h3-11H,1-2H3,(H,24,28). The highest BCUT2D eigenvalue weighted by Gasteiger charge is 2.33. The highest BCUT2D eigenvalue weighted by atomic mass is 19.1. The Morgan fingerprint density at radius 1 is 0.964 bits per heavy atom. The molecule has 1 heterocycles. The van der Waals surface area contributed by atoms with Crippen molar-refractivity contribution in [2.45, 2.75) is 19.4 Å². The van der Waals surface area contributed by atoms with E-state index in [0.29, 0.717) is 17.3 Å². The minimum absolute atomic E-state index is 0.220. The molecule has 0 spiro atoms. The first-order chi connectivity index (χ1) is 13.2. The van der Waals surface area contributed by atoms with Gasteiger partial charge in [-0.25, -0.2) is 17.9 Å². The average molecular weight is 387 g/mol. The van der Waals surface area contributed by atoms with E-state index in [4.69, 9.17) is 0 Å². The monoisotopic (exact) mass is 387 g/mol. The summed E-state index contributed by atoms with van der Waals surface area (Å²) in [4.78, 5) is 25.0. The molecule has 5 nitrogen and oxygen atoms in total. The van der Waals surface area contributed by atoms with E-state index in [0.717, 1.165) is 16.8 Å². The highest BCUT2D eigenvalue weighted by molar-refractivity contribution is 5.96. The number of halogens is 3. The van der Waals surface area contributed by atoms with Crippen molar-refractivity contribution in [3.63, 3.8) is 0 Å². The predicted octanol–water partition coefficient (Wildman–Crippen LogP) is 3.70. The van der Waals surface area contributed by atoms with E-state index in [1.54, 1.807) is 0 Å². The molecule has 1 amide bonds. The van der Waals surface area contributed by atoms with Crippen molar-refractivity contribution >= 4 is 11.6 Å². The molecule has 0 atom stereocenters. The van der Waals surface area contributed by atoms with Crippen LogP contribution in [0.3, 0.4) is 0 Å². The number of hydrogen-bond donors (Lipinski definition) is 1. The van der Waals surface area contributed by atoms with Gasteiger partial charge in [0.25, 0.3) is 11.5 Å². The number of amides is 1. The molecular weight excluding hydrogens is 371 g/mol. The normalized spacial score (nSPS) is 11.3. The number of carbonyl (C=O) groups excluding carboxylic acids is 1. The first-order valence-electron chi connectivity index (χ1n) is 8.32. The summed E-state index contributed by atoms with van der Waals surface area (Å²) in [6, 6.07) is 10.9. The summed E-state index contributed by atoms with van der Waals surface area (Å²) in [6.07, 6.45) is 0.